The molecule has 0 unspecified atom stereocenters. The summed E-state index contributed by atoms with van der Waals surface area (Å²) in [6.45, 7) is 5.37. The number of aromatic nitrogens is 2. The van der Waals surface area contributed by atoms with E-state index in [1.807, 2.05) is 6.92 Å². The molecule has 1 N–H and O–H groups in total. The van der Waals surface area contributed by atoms with E-state index >= 15 is 0 Å². The van der Waals surface area contributed by atoms with Gasteiger partial charge < -0.3 is 9.55 Å². The zero-order valence-electron chi connectivity index (χ0n) is 9.88. The molecule has 1 aromatic rings. The second-order valence-corrected chi connectivity index (χ2v) is 4.59. The lowest BCUT2D eigenvalue weighted by Crippen LogP contribution is -1.96. The van der Waals surface area contributed by atoms with Crippen molar-refractivity contribution in [3.8, 4) is 0 Å². The molecule has 0 fully saturated rings. The van der Waals surface area contributed by atoms with E-state index in [1.54, 1.807) is 0 Å². The second-order valence-electron chi connectivity index (χ2n) is 4.20. The smallest absolute Gasteiger partial charge is 0.177 e. The van der Waals surface area contributed by atoms with Gasteiger partial charge in [0, 0.05) is 18.4 Å². The summed E-state index contributed by atoms with van der Waals surface area (Å²) in [5, 5.41) is 0. The summed E-state index contributed by atoms with van der Waals surface area (Å²) in [5.41, 5.74) is 1.16. The highest BCUT2D eigenvalue weighted by molar-refractivity contribution is 7.71. The van der Waals surface area contributed by atoms with Crippen LogP contribution in [0.15, 0.2) is 6.20 Å². The Balaban J connectivity index is 2.15. The standard InChI is InChI=1S/C12H22N2S/c1-3-4-5-6-7-8-9-14-10-11(2)13-12(14)15/h10H,3-9H2,1-2H3,(H,13,15). The maximum absolute atomic E-state index is 5.20. The van der Waals surface area contributed by atoms with Crippen molar-refractivity contribution in [2.75, 3.05) is 0 Å². The minimum Gasteiger partial charge on any atom is -0.335 e. The Labute approximate surface area is 97.7 Å². The molecule has 1 rings (SSSR count). The van der Waals surface area contributed by atoms with Crippen molar-refractivity contribution in [1.82, 2.24) is 9.55 Å². The number of unbranched alkanes of at least 4 members (excludes halogenated alkanes) is 5. The molecule has 0 bridgehead atoms. The molecule has 0 amide bonds. The van der Waals surface area contributed by atoms with Crippen molar-refractivity contribution >= 4 is 12.2 Å². The fraction of sp³-hybridized carbons (Fsp3) is 0.750. The van der Waals surface area contributed by atoms with E-state index in [9.17, 15) is 0 Å². The van der Waals surface area contributed by atoms with Crippen molar-refractivity contribution in [2.45, 2.75) is 58.9 Å². The number of imidazole rings is 1. The number of aryl methyl sites for hydroxylation is 2. The van der Waals surface area contributed by atoms with Crippen molar-refractivity contribution in [2.24, 2.45) is 0 Å². The van der Waals surface area contributed by atoms with Gasteiger partial charge in [0.25, 0.3) is 0 Å². The highest BCUT2D eigenvalue weighted by Crippen LogP contribution is 2.07. The minimum absolute atomic E-state index is 0.862. The lowest BCUT2D eigenvalue weighted by molar-refractivity contribution is 0.555. The molecule has 0 atom stereocenters. The molecule has 15 heavy (non-hydrogen) atoms. The molecule has 2 nitrogen and oxygen atoms in total. The molecule has 0 aliphatic heterocycles. The van der Waals surface area contributed by atoms with E-state index in [4.69, 9.17) is 12.2 Å². The SMILES string of the molecule is CCCCCCCCn1cc(C)[nH]c1=S. The molecule has 0 aliphatic rings. The predicted octanol–water partition coefficient (Wildman–Crippen LogP) is 4.21. The van der Waals surface area contributed by atoms with Gasteiger partial charge in [0.1, 0.15) is 0 Å². The van der Waals surface area contributed by atoms with Gasteiger partial charge in [0.15, 0.2) is 4.77 Å². The van der Waals surface area contributed by atoms with Crippen molar-refractivity contribution in [3.05, 3.63) is 16.7 Å². The summed E-state index contributed by atoms with van der Waals surface area (Å²) in [6.07, 6.45) is 10.1. The molecule has 86 valence electrons. The number of nitrogens with one attached hydrogen (secondary N) is 1. The van der Waals surface area contributed by atoms with Crippen LogP contribution in [0.3, 0.4) is 0 Å². The van der Waals surface area contributed by atoms with Gasteiger partial charge in [-0.3, -0.25) is 0 Å². The van der Waals surface area contributed by atoms with E-state index in [2.05, 4.69) is 22.7 Å². The number of hydrogen-bond acceptors (Lipinski definition) is 1. The van der Waals surface area contributed by atoms with Crippen LogP contribution in [0.25, 0.3) is 0 Å². The molecule has 3 heteroatoms. The van der Waals surface area contributed by atoms with Crippen LogP contribution >= 0.6 is 12.2 Å². The van der Waals surface area contributed by atoms with Gasteiger partial charge in [0.2, 0.25) is 0 Å². The molecule has 1 heterocycles. The Morgan fingerprint density at radius 3 is 2.47 bits per heavy atom. The van der Waals surface area contributed by atoms with Crippen LogP contribution in [-0.4, -0.2) is 9.55 Å². The van der Waals surface area contributed by atoms with Crippen LogP contribution in [0.4, 0.5) is 0 Å². The Bertz CT molecular complexity index is 325. The molecular weight excluding hydrogens is 204 g/mol. The first-order valence-corrected chi connectivity index (χ1v) is 6.41. The van der Waals surface area contributed by atoms with Crippen LogP contribution in [0, 0.1) is 11.7 Å². The molecule has 0 saturated carbocycles. The molecule has 0 spiro atoms. The van der Waals surface area contributed by atoms with Crippen LogP contribution in [0.5, 0.6) is 0 Å². The third-order valence-corrected chi connectivity index (χ3v) is 3.00. The van der Waals surface area contributed by atoms with E-state index in [1.165, 1.54) is 38.5 Å². The average molecular weight is 226 g/mol. The highest BCUT2D eigenvalue weighted by atomic mass is 32.1. The highest BCUT2D eigenvalue weighted by Gasteiger charge is 1.96. The summed E-state index contributed by atoms with van der Waals surface area (Å²) >= 11 is 5.20. The maximum Gasteiger partial charge on any atom is 0.177 e. The van der Waals surface area contributed by atoms with Crippen molar-refractivity contribution in [1.29, 1.82) is 0 Å². The van der Waals surface area contributed by atoms with Crippen LogP contribution in [0.1, 0.15) is 51.1 Å². The van der Waals surface area contributed by atoms with E-state index in [0.29, 0.717) is 0 Å². The third kappa shape index (κ3) is 4.65. The first kappa shape index (κ1) is 12.5. The minimum atomic E-state index is 0.862. The van der Waals surface area contributed by atoms with Crippen molar-refractivity contribution < 1.29 is 0 Å². The van der Waals surface area contributed by atoms with Gasteiger partial charge >= 0.3 is 0 Å². The molecule has 0 aromatic carbocycles. The fourth-order valence-electron chi connectivity index (χ4n) is 1.79. The third-order valence-electron chi connectivity index (χ3n) is 2.67. The summed E-state index contributed by atoms with van der Waals surface area (Å²) in [7, 11) is 0. The van der Waals surface area contributed by atoms with E-state index in [0.717, 1.165) is 17.0 Å². The molecule has 1 aromatic heterocycles. The topological polar surface area (TPSA) is 20.7 Å². The Hall–Kier alpha value is -0.570. The number of H-pyrrole nitrogens is 1. The number of hydrogen-bond donors (Lipinski definition) is 1. The lowest BCUT2D eigenvalue weighted by Gasteiger charge is -2.02. The Kier molecular flexibility index (Phi) is 5.69. The molecule has 0 saturated heterocycles. The van der Waals surface area contributed by atoms with Crippen LogP contribution < -0.4 is 0 Å². The number of rotatable bonds is 7. The predicted molar refractivity (Wildman–Crippen MR) is 67.7 cm³/mol. The van der Waals surface area contributed by atoms with E-state index < -0.39 is 0 Å². The van der Waals surface area contributed by atoms with E-state index in [-0.39, 0.29) is 0 Å². The van der Waals surface area contributed by atoms with Gasteiger partial charge in [-0.25, -0.2) is 0 Å². The van der Waals surface area contributed by atoms with Gasteiger partial charge in [-0.05, 0) is 25.6 Å². The van der Waals surface area contributed by atoms with Gasteiger partial charge in [-0.1, -0.05) is 39.0 Å². The first-order valence-electron chi connectivity index (χ1n) is 6.00. The summed E-state index contributed by atoms with van der Waals surface area (Å²) in [5.74, 6) is 0. The normalized spacial score (nSPS) is 10.8. The zero-order chi connectivity index (χ0) is 11.1. The Morgan fingerprint density at radius 2 is 1.87 bits per heavy atom. The largest absolute Gasteiger partial charge is 0.335 e. The average Bonchev–Trinajstić information content (AvgIpc) is 2.51. The molecule has 0 radical (unpaired) electrons. The van der Waals surface area contributed by atoms with Crippen LogP contribution in [-0.2, 0) is 6.54 Å². The van der Waals surface area contributed by atoms with Gasteiger partial charge in [-0.15, -0.1) is 0 Å². The number of nitrogens with zero attached hydrogens (tertiary/aromatic N) is 1. The lowest BCUT2D eigenvalue weighted by atomic mass is 10.1. The summed E-state index contributed by atoms with van der Waals surface area (Å²) in [6, 6.07) is 0. The van der Waals surface area contributed by atoms with Crippen LogP contribution in [0.2, 0.25) is 0 Å². The second kappa shape index (κ2) is 6.83. The zero-order valence-corrected chi connectivity index (χ0v) is 10.7. The summed E-state index contributed by atoms with van der Waals surface area (Å²) in [4.78, 5) is 3.15. The molecule has 0 aliphatic carbocycles. The van der Waals surface area contributed by atoms with Gasteiger partial charge in [-0.2, -0.15) is 0 Å². The first-order chi connectivity index (χ1) is 7.24. The maximum atomic E-state index is 5.20. The fourth-order valence-corrected chi connectivity index (χ4v) is 2.10. The van der Waals surface area contributed by atoms with Gasteiger partial charge in [0.05, 0.1) is 0 Å². The monoisotopic (exact) mass is 226 g/mol. The van der Waals surface area contributed by atoms with Crippen molar-refractivity contribution in [3.63, 3.8) is 0 Å². The Morgan fingerprint density at radius 1 is 1.20 bits per heavy atom. The molecular formula is C12H22N2S. The summed E-state index contributed by atoms with van der Waals surface area (Å²) < 4.78 is 3.01. The number of aromatic amines is 1. The quantitative estimate of drug-likeness (QED) is 0.545.